The topological polar surface area (TPSA) is 38.3 Å². The van der Waals surface area contributed by atoms with Gasteiger partial charge < -0.3 is 10.1 Å². The van der Waals surface area contributed by atoms with E-state index in [1.165, 1.54) is 6.42 Å². The second kappa shape index (κ2) is 14.5. The van der Waals surface area contributed by atoms with Gasteiger partial charge in [0.05, 0.1) is 0 Å². The lowest BCUT2D eigenvalue weighted by Crippen LogP contribution is -2.25. The second-order valence-electron chi connectivity index (χ2n) is 2.87. The fourth-order valence-electron chi connectivity index (χ4n) is 0.553. The van der Waals surface area contributed by atoms with Crippen LogP contribution in [-0.4, -0.2) is 19.2 Å². The third-order valence-corrected chi connectivity index (χ3v) is 1.13. The Kier molecular flexibility index (Phi) is 16.1. The van der Waals surface area contributed by atoms with Crippen molar-refractivity contribution in [3.05, 3.63) is 12.7 Å². The summed E-state index contributed by atoms with van der Waals surface area (Å²) < 4.78 is 4.67. The minimum Gasteiger partial charge on any atom is -0.445 e. The van der Waals surface area contributed by atoms with E-state index in [0.29, 0.717) is 6.54 Å². The standard InChI is InChI=1S/C8H15NO2.C3H8/c1-3-5-6-9-8(10)11-7-4-2;1-3-2/h4H,2-3,5-7H2,1H3,(H,9,10);3H2,1-2H3. The first-order valence-electron chi connectivity index (χ1n) is 5.24. The zero-order valence-electron chi connectivity index (χ0n) is 9.64. The maximum atomic E-state index is 10.7. The van der Waals surface area contributed by atoms with E-state index in [2.05, 4.69) is 37.4 Å². The van der Waals surface area contributed by atoms with E-state index in [1.54, 1.807) is 6.08 Å². The van der Waals surface area contributed by atoms with Crippen molar-refractivity contribution in [1.82, 2.24) is 5.32 Å². The molecule has 0 atom stereocenters. The summed E-state index contributed by atoms with van der Waals surface area (Å²) in [4.78, 5) is 10.7. The Balaban J connectivity index is 0. The van der Waals surface area contributed by atoms with E-state index >= 15 is 0 Å². The molecule has 0 saturated heterocycles. The van der Waals surface area contributed by atoms with E-state index < -0.39 is 0 Å². The van der Waals surface area contributed by atoms with Gasteiger partial charge in [0.15, 0.2) is 0 Å². The molecule has 1 amide bonds. The fraction of sp³-hybridized carbons (Fsp3) is 0.727. The van der Waals surface area contributed by atoms with Gasteiger partial charge in [0.2, 0.25) is 0 Å². The molecule has 0 aromatic heterocycles. The van der Waals surface area contributed by atoms with Crippen molar-refractivity contribution in [2.75, 3.05) is 13.2 Å². The number of rotatable bonds is 5. The number of carbonyl (C=O) groups excluding carboxylic acids is 1. The lowest BCUT2D eigenvalue weighted by molar-refractivity contribution is 0.158. The predicted octanol–water partition coefficient (Wildman–Crippen LogP) is 3.12. The summed E-state index contributed by atoms with van der Waals surface area (Å²) in [5.41, 5.74) is 0. The average Bonchev–Trinajstić information content (AvgIpc) is 2.16. The van der Waals surface area contributed by atoms with Crippen LogP contribution in [0, 0.1) is 0 Å². The lowest BCUT2D eigenvalue weighted by Gasteiger charge is -2.02. The number of hydrogen-bond acceptors (Lipinski definition) is 2. The van der Waals surface area contributed by atoms with Crippen LogP contribution >= 0.6 is 0 Å². The molecule has 1 N–H and O–H groups in total. The number of amides is 1. The molecule has 0 saturated carbocycles. The summed E-state index contributed by atoms with van der Waals surface area (Å²) in [5, 5.41) is 2.61. The minimum atomic E-state index is -0.363. The van der Waals surface area contributed by atoms with Gasteiger partial charge in [-0.05, 0) is 6.42 Å². The Morgan fingerprint density at radius 1 is 1.43 bits per heavy atom. The number of ether oxygens (including phenoxy) is 1. The predicted molar refractivity (Wildman–Crippen MR) is 60.4 cm³/mol. The molecule has 0 unspecified atom stereocenters. The summed E-state index contributed by atoms with van der Waals surface area (Å²) in [6.07, 6.45) is 4.49. The second-order valence-corrected chi connectivity index (χ2v) is 2.87. The molecule has 84 valence electrons. The van der Waals surface area contributed by atoms with Crippen molar-refractivity contribution in [3.8, 4) is 0 Å². The van der Waals surface area contributed by atoms with Crippen LogP contribution in [0.25, 0.3) is 0 Å². The Bertz CT molecular complexity index is 135. The quantitative estimate of drug-likeness (QED) is 0.548. The number of unbranched alkanes of at least 4 members (excludes halogenated alkanes) is 1. The molecule has 3 heteroatoms. The Morgan fingerprint density at radius 2 is 2.00 bits per heavy atom. The fourth-order valence-corrected chi connectivity index (χ4v) is 0.553. The summed E-state index contributed by atoms with van der Waals surface area (Å²) in [5.74, 6) is 0. The van der Waals surface area contributed by atoms with E-state index in [4.69, 9.17) is 0 Å². The molecule has 0 rings (SSSR count). The molecule has 0 heterocycles. The highest BCUT2D eigenvalue weighted by Crippen LogP contribution is 1.84. The molecule has 14 heavy (non-hydrogen) atoms. The van der Waals surface area contributed by atoms with Gasteiger partial charge in [-0.3, -0.25) is 0 Å². The monoisotopic (exact) mass is 201 g/mol. The molecule has 0 aliphatic heterocycles. The first-order valence-corrected chi connectivity index (χ1v) is 5.24. The molecule has 0 radical (unpaired) electrons. The van der Waals surface area contributed by atoms with Gasteiger partial charge in [-0.15, -0.1) is 0 Å². The highest BCUT2D eigenvalue weighted by molar-refractivity contribution is 5.67. The number of alkyl carbamates (subject to hydrolysis) is 1. The molecule has 0 aliphatic carbocycles. The third kappa shape index (κ3) is 17.2. The maximum absolute atomic E-state index is 10.7. The Labute approximate surface area is 87.5 Å². The van der Waals surface area contributed by atoms with Gasteiger partial charge in [-0.25, -0.2) is 4.79 Å². The normalized spacial score (nSPS) is 8.21. The van der Waals surface area contributed by atoms with E-state index in [1.807, 2.05) is 0 Å². The summed E-state index contributed by atoms with van der Waals surface area (Å²) >= 11 is 0. The molecule has 0 aromatic rings. The molecule has 0 bridgehead atoms. The van der Waals surface area contributed by atoms with Gasteiger partial charge in [0.25, 0.3) is 0 Å². The Hall–Kier alpha value is -0.990. The smallest absolute Gasteiger partial charge is 0.407 e. The lowest BCUT2D eigenvalue weighted by atomic mass is 10.3. The number of carbonyl (C=O) groups is 1. The minimum absolute atomic E-state index is 0.276. The Morgan fingerprint density at radius 3 is 2.43 bits per heavy atom. The van der Waals surface area contributed by atoms with Crippen LogP contribution in [0.15, 0.2) is 12.7 Å². The summed E-state index contributed by atoms with van der Waals surface area (Å²) in [6, 6.07) is 0. The summed E-state index contributed by atoms with van der Waals surface area (Å²) in [7, 11) is 0. The van der Waals surface area contributed by atoms with Crippen LogP contribution in [0.1, 0.15) is 40.0 Å². The zero-order chi connectivity index (χ0) is 11.2. The van der Waals surface area contributed by atoms with E-state index in [9.17, 15) is 4.79 Å². The van der Waals surface area contributed by atoms with Crippen molar-refractivity contribution in [2.45, 2.75) is 40.0 Å². The van der Waals surface area contributed by atoms with Crippen molar-refractivity contribution in [1.29, 1.82) is 0 Å². The zero-order valence-corrected chi connectivity index (χ0v) is 9.64. The SMILES string of the molecule is C=CCOC(=O)NCCCC.CCC. The van der Waals surface area contributed by atoms with Gasteiger partial charge in [0, 0.05) is 6.54 Å². The largest absolute Gasteiger partial charge is 0.445 e. The van der Waals surface area contributed by atoms with Crippen LogP contribution in [-0.2, 0) is 4.74 Å². The number of hydrogen-bond donors (Lipinski definition) is 1. The van der Waals surface area contributed by atoms with Crippen LogP contribution < -0.4 is 5.32 Å². The van der Waals surface area contributed by atoms with Crippen molar-refractivity contribution < 1.29 is 9.53 Å². The molecule has 0 aromatic carbocycles. The van der Waals surface area contributed by atoms with Gasteiger partial charge in [-0.2, -0.15) is 0 Å². The molecular formula is C11H23NO2. The molecule has 0 fully saturated rings. The molecule has 0 aliphatic rings. The van der Waals surface area contributed by atoms with Crippen LogP contribution in [0.3, 0.4) is 0 Å². The molecular weight excluding hydrogens is 178 g/mol. The third-order valence-electron chi connectivity index (χ3n) is 1.13. The van der Waals surface area contributed by atoms with Gasteiger partial charge in [0.1, 0.15) is 6.61 Å². The van der Waals surface area contributed by atoms with Crippen molar-refractivity contribution in [3.63, 3.8) is 0 Å². The summed E-state index contributed by atoms with van der Waals surface area (Å²) in [6.45, 7) is 10.7. The molecule has 3 nitrogen and oxygen atoms in total. The van der Waals surface area contributed by atoms with Crippen LogP contribution in [0.5, 0.6) is 0 Å². The average molecular weight is 201 g/mol. The van der Waals surface area contributed by atoms with E-state index in [0.717, 1.165) is 12.8 Å². The first-order chi connectivity index (χ1) is 6.72. The number of nitrogens with one attached hydrogen (secondary N) is 1. The van der Waals surface area contributed by atoms with Crippen molar-refractivity contribution in [2.24, 2.45) is 0 Å². The first kappa shape index (κ1) is 15.5. The van der Waals surface area contributed by atoms with Crippen LogP contribution in [0.2, 0.25) is 0 Å². The molecule has 0 spiro atoms. The van der Waals surface area contributed by atoms with E-state index in [-0.39, 0.29) is 12.7 Å². The van der Waals surface area contributed by atoms with Crippen LogP contribution in [0.4, 0.5) is 4.79 Å². The highest BCUT2D eigenvalue weighted by Gasteiger charge is 1.96. The van der Waals surface area contributed by atoms with Gasteiger partial charge >= 0.3 is 6.09 Å². The van der Waals surface area contributed by atoms with Gasteiger partial charge in [-0.1, -0.05) is 46.3 Å². The maximum Gasteiger partial charge on any atom is 0.407 e. The highest BCUT2D eigenvalue weighted by atomic mass is 16.5. The van der Waals surface area contributed by atoms with Crippen molar-refractivity contribution >= 4 is 6.09 Å².